The molecule has 2 aromatic rings. The fourth-order valence-electron chi connectivity index (χ4n) is 3.94. The van der Waals surface area contributed by atoms with Gasteiger partial charge in [0.05, 0.1) is 0 Å². The Morgan fingerprint density at radius 3 is 2.48 bits per heavy atom. The molecule has 1 N–H and O–H groups in total. The summed E-state index contributed by atoms with van der Waals surface area (Å²) in [7, 11) is 2.05. The molecule has 2 atom stereocenters. The van der Waals surface area contributed by atoms with E-state index in [-0.39, 0.29) is 17.4 Å². The fourth-order valence-corrected chi connectivity index (χ4v) is 3.94. The highest BCUT2D eigenvalue weighted by Gasteiger charge is 2.36. The number of carbonyl (C=O) groups is 1. The van der Waals surface area contributed by atoms with E-state index in [1.54, 1.807) is 12.1 Å². The van der Waals surface area contributed by atoms with Crippen LogP contribution in [0.2, 0.25) is 0 Å². The highest BCUT2D eigenvalue weighted by atomic mass is 19.2. The standard InChI is InChI=1S/C19H17F3N2O/c1-24-8-12-7-23-19(25)14-4-10(2-3-13(14)15(12)9-24)11-5-16(20)18(22)17(21)6-11/h2-6,12,15H,7-9H2,1H3,(H,23,25)/t12-,15-/m1/s1. The molecular weight excluding hydrogens is 329 g/mol. The summed E-state index contributed by atoms with van der Waals surface area (Å²) in [4.78, 5) is 14.7. The maximum atomic E-state index is 13.5. The molecule has 2 aromatic carbocycles. The van der Waals surface area contributed by atoms with E-state index in [0.717, 1.165) is 30.8 Å². The molecule has 0 spiro atoms. The Morgan fingerprint density at radius 1 is 1.04 bits per heavy atom. The summed E-state index contributed by atoms with van der Waals surface area (Å²) in [6.45, 7) is 2.39. The van der Waals surface area contributed by atoms with Gasteiger partial charge < -0.3 is 10.2 Å². The van der Waals surface area contributed by atoms with Gasteiger partial charge in [-0.25, -0.2) is 13.2 Å². The first-order valence-electron chi connectivity index (χ1n) is 8.19. The van der Waals surface area contributed by atoms with Crippen LogP contribution >= 0.6 is 0 Å². The lowest BCUT2D eigenvalue weighted by atomic mass is 9.86. The van der Waals surface area contributed by atoms with Crippen molar-refractivity contribution in [3.8, 4) is 11.1 Å². The summed E-state index contributed by atoms with van der Waals surface area (Å²) < 4.78 is 40.2. The number of rotatable bonds is 1. The zero-order valence-electron chi connectivity index (χ0n) is 13.7. The van der Waals surface area contributed by atoms with E-state index in [0.29, 0.717) is 23.6 Å². The first-order chi connectivity index (χ1) is 11.9. The van der Waals surface area contributed by atoms with E-state index in [9.17, 15) is 18.0 Å². The molecule has 0 unspecified atom stereocenters. The molecule has 130 valence electrons. The van der Waals surface area contributed by atoms with Crippen molar-refractivity contribution < 1.29 is 18.0 Å². The van der Waals surface area contributed by atoms with E-state index >= 15 is 0 Å². The third kappa shape index (κ3) is 2.70. The van der Waals surface area contributed by atoms with E-state index in [1.165, 1.54) is 0 Å². The first-order valence-corrected chi connectivity index (χ1v) is 8.19. The number of carbonyl (C=O) groups excluding carboxylic acids is 1. The second-order valence-corrected chi connectivity index (χ2v) is 6.85. The number of benzene rings is 2. The van der Waals surface area contributed by atoms with Gasteiger partial charge in [-0.2, -0.15) is 0 Å². The molecule has 1 saturated heterocycles. The summed E-state index contributed by atoms with van der Waals surface area (Å²) in [6, 6.07) is 7.11. The van der Waals surface area contributed by atoms with Crippen LogP contribution in [-0.4, -0.2) is 37.5 Å². The Labute approximate surface area is 143 Å². The van der Waals surface area contributed by atoms with Gasteiger partial charge in [0.2, 0.25) is 0 Å². The monoisotopic (exact) mass is 346 g/mol. The average Bonchev–Trinajstić information content (AvgIpc) is 2.91. The van der Waals surface area contributed by atoms with Crippen LogP contribution in [0, 0.1) is 23.4 Å². The lowest BCUT2D eigenvalue weighted by Crippen LogP contribution is -2.29. The number of nitrogens with one attached hydrogen (secondary N) is 1. The van der Waals surface area contributed by atoms with Crippen molar-refractivity contribution in [3.05, 3.63) is 58.9 Å². The van der Waals surface area contributed by atoms with Gasteiger partial charge in [-0.1, -0.05) is 12.1 Å². The molecule has 0 saturated carbocycles. The molecule has 4 rings (SSSR count). The summed E-state index contributed by atoms with van der Waals surface area (Å²) in [5.41, 5.74) is 2.16. The van der Waals surface area contributed by atoms with Gasteiger partial charge in [0.15, 0.2) is 17.5 Å². The minimum Gasteiger partial charge on any atom is -0.352 e. The van der Waals surface area contributed by atoms with Crippen LogP contribution in [0.5, 0.6) is 0 Å². The highest BCUT2D eigenvalue weighted by molar-refractivity contribution is 5.97. The van der Waals surface area contributed by atoms with Gasteiger partial charge in [0, 0.05) is 31.1 Å². The molecule has 0 radical (unpaired) electrons. The SMILES string of the molecule is CN1C[C@H]2CNC(=O)c3cc(-c4cc(F)c(F)c(F)c4)ccc3[C@@H]2C1. The average molecular weight is 346 g/mol. The highest BCUT2D eigenvalue weighted by Crippen LogP contribution is 2.37. The topological polar surface area (TPSA) is 32.3 Å². The summed E-state index contributed by atoms with van der Waals surface area (Å²) in [6.07, 6.45) is 0. The van der Waals surface area contributed by atoms with Crippen LogP contribution < -0.4 is 5.32 Å². The van der Waals surface area contributed by atoms with Crippen molar-refractivity contribution in [2.24, 2.45) is 5.92 Å². The molecule has 0 aromatic heterocycles. The second-order valence-electron chi connectivity index (χ2n) is 6.85. The number of hydrogen-bond acceptors (Lipinski definition) is 2. The number of fused-ring (bicyclic) bond motifs is 3. The molecule has 2 heterocycles. The summed E-state index contributed by atoms with van der Waals surface area (Å²) >= 11 is 0. The van der Waals surface area contributed by atoms with E-state index in [2.05, 4.69) is 17.3 Å². The van der Waals surface area contributed by atoms with Gasteiger partial charge in [-0.05, 0) is 47.9 Å². The van der Waals surface area contributed by atoms with E-state index in [1.807, 2.05) is 6.07 Å². The Morgan fingerprint density at radius 2 is 1.76 bits per heavy atom. The number of likely N-dealkylation sites (tertiary alicyclic amines) is 1. The Balaban J connectivity index is 1.80. The quantitative estimate of drug-likeness (QED) is 0.805. The second kappa shape index (κ2) is 5.88. The number of nitrogens with zero attached hydrogens (tertiary/aromatic N) is 1. The van der Waals surface area contributed by atoms with Crippen molar-refractivity contribution in [2.45, 2.75) is 5.92 Å². The maximum Gasteiger partial charge on any atom is 0.251 e. The number of hydrogen-bond donors (Lipinski definition) is 1. The minimum atomic E-state index is -1.49. The Hall–Kier alpha value is -2.34. The van der Waals surface area contributed by atoms with Crippen molar-refractivity contribution in [1.29, 1.82) is 0 Å². The maximum absolute atomic E-state index is 13.5. The van der Waals surface area contributed by atoms with E-state index < -0.39 is 17.5 Å². The largest absolute Gasteiger partial charge is 0.352 e. The third-order valence-corrected chi connectivity index (χ3v) is 5.16. The van der Waals surface area contributed by atoms with Crippen LogP contribution in [0.25, 0.3) is 11.1 Å². The van der Waals surface area contributed by atoms with Crippen molar-refractivity contribution in [1.82, 2.24) is 10.2 Å². The van der Waals surface area contributed by atoms with Gasteiger partial charge in [-0.15, -0.1) is 0 Å². The molecule has 6 heteroatoms. The van der Waals surface area contributed by atoms with Gasteiger partial charge in [0.1, 0.15) is 0 Å². The van der Waals surface area contributed by atoms with Gasteiger partial charge in [-0.3, -0.25) is 4.79 Å². The Kier molecular flexibility index (Phi) is 3.80. The van der Waals surface area contributed by atoms with Crippen molar-refractivity contribution in [3.63, 3.8) is 0 Å². The van der Waals surface area contributed by atoms with Gasteiger partial charge >= 0.3 is 0 Å². The smallest absolute Gasteiger partial charge is 0.251 e. The van der Waals surface area contributed by atoms with Crippen LogP contribution in [0.1, 0.15) is 21.8 Å². The molecule has 1 amide bonds. The van der Waals surface area contributed by atoms with Gasteiger partial charge in [0.25, 0.3) is 5.91 Å². The normalized spacial score (nSPS) is 23.0. The molecular formula is C19H17F3N2O. The number of halogens is 3. The summed E-state index contributed by atoms with van der Waals surface area (Å²) in [5, 5.41) is 2.93. The van der Waals surface area contributed by atoms with Crippen LogP contribution in [0.4, 0.5) is 13.2 Å². The molecule has 0 bridgehead atoms. The zero-order chi connectivity index (χ0) is 17.7. The first kappa shape index (κ1) is 16.1. The van der Waals surface area contributed by atoms with Crippen LogP contribution in [-0.2, 0) is 0 Å². The molecule has 3 nitrogen and oxygen atoms in total. The van der Waals surface area contributed by atoms with Crippen LogP contribution in [0.3, 0.4) is 0 Å². The summed E-state index contributed by atoms with van der Waals surface area (Å²) in [5.74, 6) is -3.57. The lowest BCUT2D eigenvalue weighted by Gasteiger charge is -2.17. The molecule has 0 aliphatic carbocycles. The number of likely N-dealkylation sites (N-methyl/N-ethyl adjacent to an activating group) is 1. The lowest BCUT2D eigenvalue weighted by molar-refractivity contribution is 0.0951. The minimum absolute atomic E-state index is 0.183. The van der Waals surface area contributed by atoms with Crippen molar-refractivity contribution in [2.75, 3.05) is 26.7 Å². The molecule has 25 heavy (non-hydrogen) atoms. The third-order valence-electron chi connectivity index (χ3n) is 5.16. The molecule has 2 aliphatic rings. The predicted molar refractivity (Wildman–Crippen MR) is 87.8 cm³/mol. The number of amides is 1. The van der Waals surface area contributed by atoms with E-state index in [4.69, 9.17) is 0 Å². The van der Waals surface area contributed by atoms with Crippen molar-refractivity contribution >= 4 is 5.91 Å². The van der Waals surface area contributed by atoms with Crippen LogP contribution in [0.15, 0.2) is 30.3 Å². The molecule has 2 aliphatic heterocycles. The predicted octanol–water partition coefficient (Wildman–Crippen LogP) is 3.16. The Bertz CT molecular complexity index is 845. The zero-order valence-corrected chi connectivity index (χ0v) is 13.7. The fraction of sp³-hybridized carbons (Fsp3) is 0.316. The molecule has 1 fully saturated rings.